The molecule has 0 unspecified atom stereocenters. The van der Waals surface area contributed by atoms with Crippen molar-refractivity contribution in [3.8, 4) is 0 Å². The van der Waals surface area contributed by atoms with E-state index in [0.29, 0.717) is 12.3 Å². The van der Waals surface area contributed by atoms with Crippen molar-refractivity contribution in [1.29, 1.82) is 0 Å². The van der Waals surface area contributed by atoms with Gasteiger partial charge in [0.2, 0.25) is 35.4 Å². The number of nitrogens with one attached hydrogen (secondary N) is 5. The lowest BCUT2D eigenvalue weighted by Gasteiger charge is -2.28. The van der Waals surface area contributed by atoms with Crippen LogP contribution >= 0.6 is 0 Å². The fourth-order valence-corrected chi connectivity index (χ4v) is 6.06. The van der Waals surface area contributed by atoms with Crippen molar-refractivity contribution in [2.75, 3.05) is 19.8 Å². The highest BCUT2D eigenvalue weighted by atomic mass is 16.5. The topological polar surface area (TPSA) is 258 Å². The molecular formula is C36H54N8O9. The van der Waals surface area contributed by atoms with Crippen molar-refractivity contribution in [3.05, 3.63) is 54.1 Å². The normalized spacial score (nSPS) is 18.4. The van der Waals surface area contributed by atoms with Crippen molar-refractivity contribution in [3.63, 3.8) is 0 Å². The van der Waals surface area contributed by atoms with Gasteiger partial charge >= 0.3 is 0 Å². The van der Waals surface area contributed by atoms with E-state index in [-0.39, 0.29) is 43.7 Å². The Hall–Kier alpha value is -4.87. The quantitative estimate of drug-likeness (QED) is 0.0711. The van der Waals surface area contributed by atoms with Gasteiger partial charge in [0.15, 0.2) is 0 Å². The number of imidazole rings is 1. The largest absolute Gasteiger partial charge is 0.394 e. The van der Waals surface area contributed by atoms with Crippen LogP contribution in [-0.2, 0) is 46.3 Å². The number of aliphatic hydroxyl groups excluding tert-OH is 2. The maximum atomic E-state index is 13.8. The molecule has 53 heavy (non-hydrogen) atoms. The summed E-state index contributed by atoms with van der Waals surface area (Å²) in [5.41, 5.74) is 6.94. The van der Waals surface area contributed by atoms with Crippen LogP contribution in [0.2, 0.25) is 0 Å². The fraction of sp³-hybridized carbons (Fsp3) is 0.583. The average Bonchev–Trinajstić information content (AvgIpc) is 3.79. The molecule has 1 aliphatic heterocycles. The lowest BCUT2D eigenvalue weighted by atomic mass is 10.0. The van der Waals surface area contributed by atoms with Gasteiger partial charge in [0.25, 0.3) is 0 Å². The molecule has 0 saturated carbocycles. The summed E-state index contributed by atoms with van der Waals surface area (Å²) >= 11 is 0. The van der Waals surface area contributed by atoms with Crippen molar-refractivity contribution >= 4 is 35.4 Å². The lowest BCUT2D eigenvalue weighted by Crippen LogP contribution is -2.61. The Balaban J connectivity index is 1.68. The zero-order valence-corrected chi connectivity index (χ0v) is 30.7. The highest BCUT2D eigenvalue weighted by Gasteiger charge is 2.40. The first-order valence-corrected chi connectivity index (χ1v) is 17.9. The Morgan fingerprint density at radius 2 is 1.62 bits per heavy atom. The molecule has 1 saturated heterocycles. The number of nitrogens with two attached hydrogens (primary N) is 1. The predicted molar refractivity (Wildman–Crippen MR) is 192 cm³/mol. The number of H-pyrrole nitrogens is 1. The summed E-state index contributed by atoms with van der Waals surface area (Å²) in [6.45, 7) is 6.15. The number of carbonyl (C=O) groups excluding carboxylic acids is 6. The lowest BCUT2D eigenvalue weighted by molar-refractivity contribution is -0.139. The minimum atomic E-state index is -1.57. The number of primary amides is 1. The predicted octanol–water partition coefficient (Wildman–Crippen LogP) is -1.18. The average molecular weight is 743 g/mol. The molecule has 7 atom stereocenters. The number of hydrogen-bond donors (Lipinski definition) is 8. The molecule has 0 radical (unpaired) electrons. The third-order valence-electron chi connectivity index (χ3n) is 8.88. The minimum absolute atomic E-state index is 0.0695. The highest BCUT2D eigenvalue weighted by molar-refractivity contribution is 5.96. The molecule has 17 nitrogen and oxygen atoms in total. The zero-order chi connectivity index (χ0) is 39.1. The second kappa shape index (κ2) is 21.0. The molecule has 0 bridgehead atoms. The molecule has 2 heterocycles. The molecule has 1 fully saturated rings. The van der Waals surface area contributed by atoms with Crippen LogP contribution in [-0.4, -0.2) is 123 Å². The first-order valence-electron chi connectivity index (χ1n) is 17.9. The molecule has 0 spiro atoms. The van der Waals surface area contributed by atoms with E-state index in [4.69, 9.17) is 10.5 Å². The monoisotopic (exact) mass is 742 g/mol. The second-order valence-electron chi connectivity index (χ2n) is 13.8. The Bertz CT molecular complexity index is 1510. The number of amides is 6. The van der Waals surface area contributed by atoms with Gasteiger partial charge in [-0.3, -0.25) is 28.8 Å². The number of ether oxygens (including phenoxy) is 1. The van der Waals surface area contributed by atoms with Crippen LogP contribution in [0.15, 0.2) is 42.9 Å². The number of benzene rings is 1. The number of aromatic nitrogens is 2. The van der Waals surface area contributed by atoms with E-state index in [0.717, 1.165) is 19.3 Å². The van der Waals surface area contributed by atoms with Gasteiger partial charge in [-0.1, -0.05) is 44.2 Å². The van der Waals surface area contributed by atoms with Crippen LogP contribution in [0, 0.1) is 5.92 Å². The van der Waals surface area contributed by atoms with E-state index >= 15 is 0 Å². The van der Waals surface area contributed by atoms with Gasteiger partial charge in [-0.25, -0.2) is 4.98 Å². The molecule has 3 rings (SSSR count). The number of aromatic amines is 1. The summed E-state index contributed by atoms with van der Waals surface area (Å²) in [4.78, 5) is 86.3. The number of hydrogen-bond acceptors (Lipinski definition) is 10. The highest BCUT2D eigenvalue weighted by Crippen LogP contribution is 2.22. The summed E-state index contributed by atoms with van der Waals surface area (Å²) in [6.07, 6.45) is 4.09. The standard InChI is InChI=1S/C36H54N8O9/c1-21(2)14-27(41-36(52)30-16-26(18-44(30)23(4)47)53-13-9-8-12-24-10-6-5-7-11-24)33(49)40-28(15-25-17-38-20-39-25)34(50)42-29(19-45)35(51)43-31(22(3)46)32(37)48/h5-7,10-11,17,20-22,26-31,45-46H,8-9,12-16,18-19H2,1-4H3,(H2,37,48)(H,38,39)(H,40,49)(H,41,52)(H,42,50)(H,43,51)/t22-,26-,27+,28+,29+,30+,31+/m1/s1. The molecule has 2 aromatic rings. The molecule has 17 heteroatoms. The first kappa shape index (κ1) is 42.5. The molecule has 1 aliphatic rings. The van der Waals surface area contributed by atoms with Crippen LogP contribution in [0.4, 0.5) is 0 Å². The van der Waals surface area contributed by atoms with Gasteiger partial charge in [-0.05, 0) is 44.1 Å². The second-order valence-corrected chi connectivity index (χ2v) is 13.8. The zero-order valence-electron chi connectivity index (χ0n) is 30.7. The van der Waals surface area contributed by atoms with E-state index in [1.807, 2.05) is 32.0 Å². The van der Waals surface area contributed by atoms with Crippen molar-refractivity contribution in [1.82, 2.24) is 36.1 Å². The fourth-order valence-electron chi connectivity index (χ4n) is 6.06. The van der Waals surface area contributed by atoms with Crippen LogP contribution in [0.25, 0.3) is 0 Å². The minimum Gasteiger partial charge on any atom is -0.394 e. The number of rotatable bonds is 21. The number of likely N-dealkylation sites (tertiary alicyclic amines) is 1. The van der Waals surface area contributed by atoms with E-state index in [1.54, 1.807) is 0 Å². The molecule has 1 aromatic carbocycles. The summed E-state index contributed by atoms with van der Waals surface area (Å²) in [6, 6.07) is 3.76. The summed E-state index contributed by atoms with van der Waals surface area (Å²) < 4.78 is 6.06. The van der Waals surface area contributed by atoms with E-state index in [1.165, 1.54) is 36.8 Å². The van der Waals surface area contributed by atoms with E-state index < -0.39 is 72.5 Å². The molecule has 0 aliphatic carbocycles. The maximum absolute atomic E-state index is 13.8. The Morgan fingerprint density at radius 1 is 0.962 bits per heavy atom. The Labute approximate surface area is 309 Å². The van der Waals surface area contributed by atoms with E-state index in [2.05, 4.69) is 43.4 Å². The number of nitrogens with zero attached hydrogens (tertiary/aromatic N) is 2. The third kappa shape index (κ3) is 13.6. The van der Waals surface area contributed by atoms with Gasteiger partial charge in [-0.2, -0.15) is 0 Å². The van der Waals surface area contributed by atoms with Crippen LogP contribution < -0.4 is 27.0 Å². The smallest absolute Gasteiger partial charge is 0.245 e. The Morgan fingerprint density at radius 3 is 2.21 bits per heavy atom. The summed E-state index contributed by atoms with van der Waals surface area (Å²) in [7, 11) is 0. The Kier molecular flexibility index (Phi) is 16.8. The van der Waals surface area contributed by atoms with Crippen LogP contribution in [0.5, 0.6) is 0 Å². The number of aliphatic hydroxyl groups is 2. The first-order chi connectivity index (χ1) is 25.2. The van der Waals surface area contributed by atoms with Gasteiger partial charge in [-0.15, -0.1) is 0 Å². The molecular weight excluding hydrogens is 688 g/mol. The van der Waals surface area contributed by atoms with Gasteiger partial charge in [0, 0.05) is 44.8 Å². The van der Waals surface area contributed by atoms with Crippen molar-refractivity contribution in [2.45, 2.75) is 109 Å². The summed E-state index contributed by atoms with van der Waals surface area (Å²) in [5, 5.41) is 29.7. The maximum Gasteiger partial charge on any atom is 0.245 e. The third-order valence-corrected chi connectivity index (χ3v) is 8.88. The molecule has 6 amide bonds. The number of aryl methyl sites for hydroxylation is 1. The molecule has 292 valence electrons. The van der Waals surface area contributed by atoms with Crippen molar-refractivity contribution in [2.24, 2.45) is 11.7 Å². The van der Waals surface area contributed by atoms with E-state index in [9.17, 15) is 39.0 Å². The van der Waals surface area contributed by atoms with Gasteiger partial charge in [0.1, 0.15) is 30.2 Å². The SMILES string of the molecule is CC(=O)N1C[C@H](OCCCCc2ccccc2)C[C@H]1C(=O)N[C@@H](CC(C)C)C(=O)N[C@@H](Cc1cnc[nH]1)C(=O)N[C@@H](CO)C(=O)N[C@H](C(N)=O)[C@@H](C)O. The van der Waals surface area contributed by atoms with Crippen LogP contribution in [0.3, 0.4) is 0 Å². The van der Waals surface area contributed by atoms with Crippen LogP contribution in [0.1, 0.15) is 64.6 Å². The summed E-state index contributed by atoms with van der Waals surface area (Å²) in [5.74, 6) is -4.50. The van der Waals surface area contributed by atoms with Crippen molar-refractivity contribution < 1.29 is 43.7 Å². The van der Waals surface area contributed by atoms with Gasteiger partial charge < -0.3 is 51.8 Å². The molecule has 1 aromatic heterocycles. The number of carbonyl (C=O) groups is 6. The molecule has 9 N–H and O–H groups in total. The van der Waals surface area contributed by atoms with Gasteiger partial charge in [0.05, 0.1) is 25.1 Å². The number of unbranched alkanes of at least 4 members (excludes halogenated alkanes) is 1.